The fourth-order valence-electron chi connectivity index (χ4n) is 2.62. The van der Waals surface area contributed by atoms with Crippen molar-refractivity contribution >= 4 is 28.4 Å². The summed E-state index contributed by atoms with van der Waals surface area (Å²) in [5.74, 6) is 0.934. The molecule has 0 unspecified atom stereocenters. The highest BCUT2D eigenvalue weighted by atomic mass is 32.1. The minimum absolute atomic E-state index is 0.0807. The highest BCUT2D eigenvalue weighted by Gasteiger charge is 2.24. The molecule has 0 atom stereocenters. The lowest BCUT2D eigenvalue weighted by Gasteiger charge is -2.31. The van der Waals surface area contributed by atoms with Crippen LogP contribution < -0.4 is 10.2 Å². The van der Waals surface area contributed by atoms with Gasteiger partial charge in [-0.1, -0.05) is 0 Å². The number of carbonyl (C=O) groups is 1. The number of anilines is 2. The Balaban J connectivity index is 1.77. The van der Waals surface area contributed by atoms with Crippen molar-refractivity contribution in [3.63, 3.8) is 0 Å². The van der Waals surface area contributed by atoms with Crippen LogP contribution in [0.4, 0.5) is 15.6 Å². The third-order valence-corrected chi connectivity index (χ3v) is 4.49. The molecule has 1 N–H and O–H groups in total. The number of carbonyl (C=O) groups excluding carboxylic acids is 1. The number of fused-ring (bicyclic) bond motifs is 1. The van der Waals surface area contributed by atoms with Gasteiger partial charge in [-0.3, -0.25) is 5.32 Å². The van der Waals surface area contributed by atoms with Gasteiger partial charge in [-0.05, 0) is 42.6 Å². The number of nitrogens with zero attached hydrogens (tertiary/aromatic N) is 4. The Morgan fingerprint density at radius 2 is 2.27 bits per heavy atom. The van der Waals surface area contributed by atoms with Gasteiger partial charge in [-0.2, -0.15) is 4.37 Å². The van der Waals surface area contributed by atoms with Gasteiger partial charge in [0, 0.05) is 32.4 Å². The molecule has 0 saturated carbocycles. The second-order valence-corrected chi connectivity index (χ2v) is 6.41. The van der Waals surface area contributed by atoms with Crippen LogP contribution in [0.25, 0.3) is 0 Å². The van der Waals surface area contributed by atoms with Crippen LogP contribution in [0.5, 0.6) is 0 Å². The molecule has 2 aromatic heterocycles. The summed E-state index contributed by atoms with van der Waals surface area (Å²) in [5.41, 5.74) is 3.33. The molecule has 2 aromatic rings. The normalized spacial score (nSPS) is 13.7. The molecule has 0 saturated heterocycles. The maximum atomic E-state index is 12.4. The number of amides is 2. The highest BCUT2D eigenvalue weighted by molar-refractivity contribution is 7.10. The molecule has 7 heteroatoms. The fraction of sp³-hybridized carbons (Fsp3) is 0.400. The Bertz CT molecular complexity index is 697. The predicted molar refractivity (Wildman–Crippen MR) is 88.5 cm³/mol. The Morgan fingerprint density at radius 3 is 2.95 bits per heavy atom. The number of aromatic nitrogens is 2. The van der Waals surface area contributed by atoms with E-state index in [4.69, 9.17) is 0 Å². The summed E-state index contributed by atoms with van der Waals surface area (Å²) >= 11 is 1.31. The van der Waals surface area contributed by atoms with E-state index in [0.29, 0.717) is 13.1 Å². The van der Waals surface area contributed by atoms with Crippen LogP contribution in [-0.2, 0) is 13.0 Å². The first-order valence-corrected chi connectivity index (χ1v) is 7.95. The number of urea groups is 1. The van der Waals surface area contributed by atoms with Gasteiger partial charge in [0.05, 0.1) is 12.2 Å². The second kappa shape index (κ2) is 5.92. The third-order valence-electron chi connectivity index (χ3n) is 3.70. The lowest BCUT2D eigenvalue weighted by atomic mass is 10.0. The summed E-state index contributed by atoms with van der Waals surface area (Å²) in [6.07, 6.45) is 2.69. The summed E-state index contributed by atoms with van der Waals surface area (Å²) in [4.78, 5) is 20.7. The molecule has 3 rings (SSSR count). The Kier molecular flexibility index (Phi) is 3.98. The molecule has 6 nitrogen and oxygen atoms in total. The van der Waals surface area contributed by atoms with Crippen LogP contribution in [0, 0.1) is 6.92 Å². The van der Waals surface area contributed by atoms with Crippen molar-refractivity contribution in [3.8, 4) is 0 Å². The predicted octanol–water partition coefficient (Wildman–Crippen LogP) is 2.50. The zero-order valence-electron chi connectivity index (χ0n) is 13.0. The maximum Gasteiger partial charge on any atom is 0.322 e. The number of rotatable bonds is 2. The first kappa shape index (κ1) is 14.8. The quantitative estimate of drug-likeness (QED) is 0.924. The minimum atomic E-state index is -0.0807. The van der Waals surface area contributed by atoms with E-state index in [1.165, 1.54) is 17.1 Å². The Morgan fingerprint density at radius 1 is 1.45 bits per heavy atom. The third kappa shape index (κ3) is 2.89. The zero-order chi connectivity index (χ0) is 15.7. The van der Waals surface area contributed by atoms with Crippen LogP contribution in [0.2, 0.25) is 0 Å². The smallest absolute Gasteiger partial charge is 0.322 e. The van der Waals surface area contributed by atoms with Crippen LogP contribution in [0.3, 0.4) is 0 Å². The van der Waals surface area contributed by atoms with Gasteiger partial charge in [-0.25, -0.2) is 9.78 Å². The summed E-state index contributed by atoms with van der Waals surface area (Å²) in [6, 6.07) is 3.85. The summed E-state index contributed by atoms with van der Waals surface area (Å²) in [6.45, 7) is 3.21. The Hall–Kier alpha value is -2.15. The van der Waals surface area contributed by atoms with Gasteiger partial charge >= 0.3 is 6.03 Å². The lowest BCUT2D eigenvalue weighted by Crippen LogP contribution is -2.39. The number of pyridine rings is 1. The Labute approximate surface area is 133 Å². The van der Waals surface area contributed by atoms with E-state index < -0.39 is 0 Å². The van der Waals surface area contributed by atoms with E-state index in [9.17, 15) is 4.79 Å². The van der Waals surface area contributed by atoms with Gasteiger partial charge in [0.15, 0.2) is 0 Å². The van der Waals surface area contributed by atoms with Crippen LogP contribution in [-0.4, -0.2) is 40.9 Å². The van der Waals surface area contributed by atoms with Crippen molar-refractivity contribution in [1.82, 2.24) is 14.3 Å². The van der Waals surface area contributed by atoms with Crippen LogP contribution in [0.1, 0.15) is 16.8 Å². The van der Waals surface area contributed by atoms with Crippen molar-refractivity contribution in [3.05, 3.63) is 35.2 Å². The molecule has 2 amide bonds. The van der Waals surface area contributed by atoms with Crippen molar-refractivity contribution < 1.29 is 4.79 Å². The fourth-order valence-corrected chi connectivity index (χ4v) is 3.27. The van der Waals surface area contributed by atoms with Gasteiger partial charge in [0.2, 0.25) is 0 Å². The second-order valence-electron chi connectivity index (χ2n) is 5.60. The van der Waals surface area contributed by atoms with Crippen LogP contribution in [0.15, 0.2) is 18.3 Å². The van der Waals surface area contributed by atoms with Crippen LogP contribution >= 0.6 is 11.5 Å². The molecule has 1 aliphatic rings. The summed E-state index contributed by atoms with van der Waals surface area (Å²) in [5, 5.41) is 3.71. The van der Waals surface area contributed by atoms with Gasteiger partial charge < -0.3 is 9.80 Å². The van der Waals surface area contributed by atoms with Crippen molar-refractivity contribution in [2.45, 2.75) is 19.9 Å². The first-order chi connectivity index (χ1) is 10.5. The molecule has 0 spiro atoms. The molecule has 1 aliphatic heterocycles. The molecular weight excluding hydrogens is 298 g/mol. The van der Waals surface area contributed by atoms with Crippen molar-refractivity contribution in [2.75, 3.05) is 30.9 Å². The minimum Gasteiger partial charge on any atom is -0.362 e. The maximum absolute atomic E-state index is 12.4. The van der Waals surface area contributed by atoms with E-state index in [1.807, 2.05) is 49.1 Å². The average molecular weight is 317 g/mol. The SMILES string of the molecule is Cc1cc(NC(=O)N2CCc3ccnc(N(C)C)c3C2)sn1. The topological polar surface area (TPSA) is 61.4 Å². The molecule has 0 radical (unpaired) electrons. The molecular formula is C15H19N5OS. The lowest BCUT2D eigenvalue weighted by molar-refractivity contribution is 0.206. The van der Waals surface area contributed by atoms with Gasteiger partial charge in [0.1, 0.15) is 10.8 Å². The molecule has 0 bridgehead atoms. The van der Waals surface area contributed by atoms with Crippen molar-refractivity contribution in [2.24, 2.45) is 0 Å². The van der Waals surface area contributed by atoms with E-state index in [1.54, 1.807) is 0 Å². The van der Waals surface area contributed by atoms with Gasteiger partial charge in [0.25, 0.3) is 0 Å². The largest absolute Gasteiger partial charge is 0.362 e. The number of hydrogen-bond donors (Lipinski definition) is 1. The molecule has 0 aliphatic carbocycles. The number of nitrogens with one attached hydrogen (secondary N) is 1. The van der Waals surface area contributed by atoms with E-state index in [0.717, 1.165) is 28.5 Å². The number of hydrogen-bond acceptors (Lipinski definition) is 5. The monoisotopic (exact) mass is 317 g/mol. The first-order valence-electron chi connectivity index (χ1n) is 7.18. The highest BCUT2D eigenvalue weighted by Crippen LogP contribution is 2.26. The van der Waals surface area contributed by atoms with E-state index in [2.05, 4.69) is 14.7 Å². The molecule has 0 aromatic carbocycles. The summed E-state index contributed by atoms with van der Waals surface area (Å²) < 4.78 is 4.18. The molecule has 0 fully saturated rings. The average Bonchev–Trinajstić information content (AvgIpc) is 2.91. The summed E-state index contributed by atoms with van der Waals surface area (Å²) in [7, 11) is 3.95. The molecule has 116 valence electrons. The van der Waals surface area contributed by atoms with E-state index in [-0.39, 0.29) is 6.03 Å². The molecule has 3 heterocycles. The number of aryl methyl sites for hydroxylation is 1. The van der Waals surface area contributed by atoms with E-state index >= 15 is 0 Å². The van der Waals surface area contributed by atoms with Gasteiger partial charge in [-0.15, -0.1) is 0 Å². The standard InChI is InChI=1S/C15H19N5OS/c1-10-8-13(22-18-10)17-15(21)20-7-5-11-4-6-16-14(19(2)3)12(11)9-20/h4,6,8H,5,7,9H2,1-3H3,(H,17,21). The molecule has 22 heavy (non-hydrogen) atoms. The zero-order valence-corrected chi connectivity index (χ0v) is 13.8. The van der Waals surface area contributed by atoms with Crippen molar-refractivity contribution in [1.29, 1.82) is 0 Å².